The summed E-state index contributed by atoms with van der Waals surface area (Å²) < 4.78 is 6.97. The van der Waals surface area contributed by atoms with E-state index in [0.717, 1.165) is 15.7 Å². The zero-order valence-corrected chi connectivity index (χ0v) is 16.8. The number of benzene rings is 1. The second-order valence-electron chi connectivity index (χ2n) is 6.93. The molecule has 1 heterocycles. The van der Waals surface area contributed by atoms with Crippen LogP contribution in [0, 0.1) is 0 Å². The van der Waals surface area contributed by atoms with Gasteiger partial charge in [0.1, 0.15) is 11.9 Å². The molecular weight excluding hydrogens is 366 g/mol. The van der Waals surface area contributed by atoms with Crippen LogP contribution in [0.5, 0.6) is 0 Å². The van der Waals surface area contributed by atoms with Crippen molar-refractivity contribution in [2.45, 2.75) is 49.3 Å². The summed E-state index contributed by atoms with van der Waals surface area (Å²) in [5.41, 5.74) is 0.195. The van der Waals surface area contributed by atoms with Crippen LogP contribution in [-0.2, 0) is 16.6 Å². The molecule has 1 aromatic heterocycles. The van der Waals surface area contributed by atoms with Gasteiger partial charge in [-0.05, 0) is 63.2 Å². The minimum absolute atomic E-state index is 0.102. The van der Waals surface area contributed by atoms with Crippen molar-refractivity contribution in [1.82, 2.24) is 20.1 Å². The highest BCUT2D eigenvalue weighted by Crippen LogP contribution is 2.26. The Hall–Kier alpha value is -2.55. The van der Waals surface area contributed by atoms with E-state index in [1.165, 1.54) is 11.8 Å². The zero-order valence-electron chi connectivity index (χ0n) is 16.0. The number of carbonyl (C=O) groups excluding carboxylic acids is 2. The molecule has 2 rings (SSSR count). The van der Waals surface area contributed by atoms with E-state index in [0.29, 0.717) is 19.4 Å². The second kappa shape index (κ2) is 9.40. The van der Waals surface area contributed by atoms with Crippen molar-refractivity contribution in [3.8, 4) is 0 Å². The standard InChI is InChI=1S/C18H25N5O3S/c1-18(2,3)26-17(25)19-11-5-6-15(24)21-13-7-9-14(10-8-13)27-16-22-20-12-23(16)4/h7-10,12H,5-6,11H2,1-4H3,(H,19,25)(H,21,24). The molecule has 0 aliphatic heterocycles. The summed E-state index contributed by atoms with van der Waals surface area (Å²) in [5.74, 6) is -0.102. The van der Waals surface area contributed by atoms with Crippen LogP contribution in [0.4, 0.5) is 10.5 Å². The number of aryl methyl sites for hydroxylation is 1. The maximum absolute atomic E-state index is 12.0. The first-order valence-corrected chi connectivity index (χ1v) is 9.43. The first-order chi connectivity index (χ1) is 12.7. The molecule has 0 spiro atoms. The van der Waals surface area contributed by atoms with Gasteiger partial charge in [0.25, 0.3) is 0 Å². The monoisotopic (exact) mass is 391 g/mol. The van der Waals surface area contributed by atoms with Gasteiger partial charge in [0.2, 0.25) is 5.91 Å². The van der Waals surface area contributed by atoms with Crippen LogP contribution < -0.4 is 10.6 Å². The predicted octanol–water partition coefficient (Wildman–Crippen LogP) is 3.21. The van der Waals surface area contributed by atoms with Gasteiger partial charge in [-0.25, -0.2) is 4.79 Å². The number of carbonyl (C=O) groups is 2. The van der Waals surface area contributed by atoms with Crippen molar-refractivity contribution in [3.63, 3.8) is 0 Å². The highest BCUT2D eigenvalue weighted by molar-refractivity contribution is 7.99. The molecule has 0 saturated carbocycles. The minimum Gasteiger partial charge on any atom is -0.444 e. The lowest BCUT2D eigenvalue weighted by molar-refractivity contribution is -0.116. The van der Waals surface area contributed by atoms with Crippen molar-refractivity contribution < 1.29 is 14.3 Å². The van der Waals surface area contributed by atoms with Gasteiger partial charge in [-0.3, -0.25) is 4.79 Å². The number of rotatable bonds is 7. The average molecular weight is 391 g/mol. The number of aromatic nitrogens is 3. The molecular formula is C18H25N5O3S. The molecule has 0 atom stereocenters. The number of nitrogens with zero attached hydrogens (tertiary/aromatic N) is 3. The van der Waals surface area contributed by atoms with Gasteiger partial charge < -0.3 is 19.9 Å². The third kappa shape index (κ3) is 7.69. The van der Waals surface area contributed by atoms with E-state index in [-0.39, 0.29) is 5.91 Å². The molecule has 0 aliphatic rings. The summed E-state index contributed by atoms with van der Waals surface area (Å²) >= 11 is 1.50. The number of hydrogen-bond donors (Lipinski definition) is 2. The van der Waals surface area contributed by atoms with Crippen molar-refractivity contribution in [3.05, 3.63) is 30.6 Å². The Kier molecular flexibility index (Phi) is 7.23. The normalized spacial score (nSPS) is 11.1. The number of hydrogen-bond acceptors (Lipinski definition) is 6. The Morgan fingerprint density at radius 1 is 1.22 bits per heavy atom. The van der Waals surface area contributed by atoms with Gasteiger partial charge >= 0.3 is 6.09 Å². The lowest BCUT2D eigenvalue weighted by Gasteiger charge is -2.19. The van der Waals surface area contributed by atoms with Gasteiger partial charge in [0, 0.05) is 30.6 Å². The second-order valence-corrected chi connectivity index (χ2v) is 7.97. The fraction of sp³-hybridized carbons (Fsp3) is 0.444. The molecule has 1 aromatic carbocycles. The molecule has 0 saturated heterocycles. The van der Waals surface area contributed by atoms with Gasteiger partial charge in [-0.1, -0.05) is 0 Å². The zero-order chi connectivity index (χ0) is 19.9. The largest absolute Gasteiger partial charge is 0.444 e. The highest BCUT2D eigenvalue weighted by Gasteiger charge is 2.15. The molecule has 27 heavy (non-hydrogen) atoms. The lowest BCUT2D eigenvalue weighted by atomic mass is 10.2. The topological polar surface area (TPSA) is 98.1 Å². The van der Waals surface area contributed by atoms with Gasteiger partial charge in [-0.15, -0.1) is 10.2 Å². The molecule has 0 bridgehead atoms. The number of amides is 2. The molecule has 9 heteroatoms. The smallest absolute Gasteiger partial charge is 0.407 e. The number of anilines is 1. The maximum Gasteiger partial charge on any atom is 0.407 e. The SMILES string of the molecule is Cn1cnnc1Sc1ccc(NC(=O)CCCNC(=O)OC(C)(C)C)cc1. The lowest BCUT2D eigenvalue weighted by Crippen LogP contribution is -2.33. The Morgan fingerprint density at radius 3 is 2.52 bits per heavy atom. The van der Waals surface area contributed by atoms with Crippen molar-refractivity contribution in [2.75, 3.05) is 11.9 Å². The average Bonchev–Trinajstić information content (AvgIpc) is 2.97. The Balaban J connectivity index is 1.70. The van der Waals surface area contributed by atoms with E-state index >= 15 is 0 Å². The van der Waals surface area contributed by atoms with E-state index in [2.05, 4.69) is 20.8 Å². The first kappa shape index (κ1) is 20.8. The molecule has 0 fully saturated rings. The van der Waals surface area contributed by atoms with Gasteiger partial charge in [0.05, 0.1) is 0 Å². The molecule has 0 unspecified atom stereocenters. The van der Waals surface area contributed by atoms with Crippen LogP contribution in [0.1, 0.15) is 33.6 Å². The Morgan fingerprint density at radius 2 is 1.93 bits per heavy atom. The number of alkyl carbamates (subject to hydrolysis) is 1. The summed E-state index contributed by atoms with van der Waals surface area (Å²) in [6.45, 7) is 5.79. The third-order valence-corrected chi connectivity index (χ3v) is 4.33. The Bertz CT molecular complexity index is 768. The summed E-state index contributed by atoms with van der Waals surface area (Å²) in [5, 5.41) is 14.1. The van der Waals surface area contributed by atoms with Crippen LogP contribution in [0.2, 0.25) is 0 Å². The summed E-state index contributed by atoms with van der Waals surface area (Å²) in [6.07, 6.45) is 2.02. The van der Waals surface area contributed by atoms with Crippen molar-refractivity contribution >= 4 is 29.4 Å². The van der Waals surface area contributed by atoms with Gasteiger partial charge in [-0.2, -0.15) is 0 Å². The minimum atomic E-state index is -0.529. The highest BCUT2D eigenvalue weighted by atomic mass is 32.2. The van der Waals surface area contributed by atoms with Crippen LogP contribution in [0.15, 0.2) is 40.6 Å². The third-order valence-electron chi connectivity index (χ3n) is 3.27. The molecule has 2 N–H and O–H groups in total. The summed E-state index contributed by atoms with van der Waals surface area (Å²) in [6, 6.07) is 7.52. The summed E-state index contributed by atoms with van der Waals surface area (Å²) in [4.78, 5) is 24.5. The van der Waals surface area contributed by atoms with E-state index in [9.17, 15) is 9.59 Å². The molecule has 0 aliphatic carbocycles. The fourth-order valence-corrected chi connectivity index (χ4v) is 2.82. The molecule has 0 radical (unpaired) electrons. The van der Waals surface area contributed by atoms with Crippen LogP contribution in [-0.4, -0.2) is 38.9 Å². The van der Waals surface area contributed by atoms with Crippen LogP contribution in [0.25, 0.3) is 0 Å². The van der Waals surface area contributed by atoms with E-state index in [4.69, 9.17) is 4.74 Å². The quantitative estimate of drug-likeness (QED) is 0.703. The summed E-state index contributed by atoms with van der Waals surface area (Å²) in [7, 11) is 1.88. The molecule has 146 valence electrons. The van der Waals surface area contributed by atoms with Crippen molar-refractivity contribution in [1.29, 1.82) is 0 Å². The van der Waals surface area contributed by atoms with E-state index in [1.54, 1.807) is 27.1 Å². The molecule has 2 aromatic rings. The molecule has 2 amide bonds. The molecule has 8 nitrogen and oxygen atoms in total. The first-order valence-electron chi connectivity index (χ1n) is 8.61. The van der Waals surface area contributed by atoms with Crippen LogP contribution in [0.3, 0.4) is 0 Å². The van der Waals surface area contributed by atoms with E-state index in [1.807, 2.05) is 35.9 Å². The number of ether oxygens (including phenoxy) is 1. The predicted molar refractivity (Wildman–Crippen MR) is 104 cm³/mol. The van der Waals surface area contributed by atoms with Gasteiger partial charge in [0.15, 0.2) is 5.16 Å². The van der Waals surface area contributed by atoms with E-state index < -0.39 is 11.7 Å². The maximum atomic E-state index is 12.0. The number of nitrogens with one attached hydrogen (secondary N) is 2. The fourth-order valence-electron chi connectivity index (χ4n) is 2.05. The van der Waals surface area contributed by atoms with Crippen LogP contribution >= 0.6 is 11.8 Å². The van der Waals surface area contributed by atoms with Crippen molar-refractivity contribution in [2.24, 2.45) is 7.05 Å². The Labute approximate surface area is 163 Å².